The van der Waals surface area contributed by atoms with Crippen LogP contribution in [0, 0.1) is 25.2 Å². The summed E-state index contributed by atoms with van der Waals surface area (Å²) in [4.78, 5) is 27.7. The van der Waals surface area contributed by atoms with Crippen LogP contribution in [0.3, 0.4) is 0 Å². The lowest BCUT2D eigenvalue weighted by Gasteiger charge is -2.27. The number of nitrogens with one attached hydrogen (secondary N) is 1. The summed E-state index contributed by atoms with van der Waals surface area (Å²) in [5.74, 6) is -0.161. The number of pyridine rings is 1. The molecule has 1 fully saturated rings. The van der Waals surface area contributed by atoms with Crippen molar-refractivity contribution in [2.75, 3.05) is 26.2 Å². The molecule has 1 aliphatic heterocycles. The Labute approximate surface area is 218 Å². The number of nitrogens with zero attached hydrogens (tertiary/aromatic N) is 3. The van der Waals surface area contributed by atoms with Gasteiger partial charge in [0.25, 0.3) is 11.5 Å². The average Bonchev–Trinajstić information content (AvgIpc) is 2.86. The van der Waals surface area contributed by atoms with E-state index in [-0.39, 0.29) is 30.6 Å². The highest BCUT2D eigenvalue weighted by Crippen LogP contribution is 2.34. The molecule has 1 amide bonds. The number of hydrogen-bond donors (Lipinski definition) is 1. The molecule has 3 aromatic rings. The first-order valence-corrected chi connectivity index (χ1v) is 11.5. The van der Waals surface area contributed by atoms with Crippen LogP contribution in [0.1, 0.15) is 38.2 Å². The first-order chi connectivity index (χ1) is 17.1. The van der Waals surface area contributed by atoms with Gasteiger partial charge in [-0.15, -0.1) is 12.4 Å². The van der Waals surface area contributed by atoms with Crippen LogP contribution in [0.5, 0.6) is 0 Å². The predicted octanol–water partition coefficient (Wildman–Crippen LogP) is 4.54. The van der Waals surface area contributed by atoms with Crippen LogP contribution in [0.2, 0.25) is 0 Å². The molecule has 0 radical (unpaired) electrons. The lowest BCUT2D eigenvalue weighted by Crippen LogP contribution is -2.46. The number of aryl methyl sites for hydroxylation is 2. The summed E-state index contributed by atoms with van der Waals surface area (Å²) in [6.45, 7) is 6.30. The summed E-state index contributed by atoms with van der Waals surface area (Å²) in [5.41, 5.74) is 0.178. The topological polar surface area (TPSA) is 78.1 Å². The number of benzene rings is 2. The number of aromatic nitrogens is 1. The van der Waals surface area contributed by atoms with Crippen LogP contribution in [-0.2, 0) is 12.7 Å². The number of rotatable bonds is 4. The van der Waals surface area contributed by atoms with Gasteiger partial charge >= 0.3 is 6.18 Å². The van der Waals surface area contributed by atoms with E-state index in [4.69, 9.17) is 0 Å². The molecular weight excluding hydrogens is 505 g/mol. The van der Waals surface area contributed by atoms with Crippen molar-refractivity contribution in [3.63, 3.8) is 0 Å². The van der Waals surface area contributed by atoms with E-state index in [1.807, 2.05) is 32.0 Å². The highest BCUT2D eigenvalue weighted by Gasteiger charge is 2.36. The second-order valence-electron chi connectivity index (χ2n) is 8.87. The molecule has 0 spiro atoms. The number of halogens is 4. The van der Waals surface area contributed by atoms with Crippen LogP contribution in [-0.4, -0.2) is 41.6 Å². The van der Waals surface area contributed by atoms with E-state index in [1.165, 1.54) is 22.8 Å². The van der Waals surface area contributed by atoms with Gasteiger partial charge in [0.1, 0.15) is 11.6 Å². The van der Waals surface area contributed by atoms with E-state index >= 15 is 0 Å². The first-order valence-electron chi connectivity index (χ1n) is 11.5. The van der Waals surface area contributed by atoms with E-state index in [0.29, 0.717) is 37.3 Å². The summed E-state index contributed by atoms with van der Waals surface area (Å²) in [7, 11) is 0. The summed E-state index contributed by atoms with van der Waals surface area (Å²) in [6.07, 6.45) is -4.88. The number of piperazine rings is 1. The molecule has 0 saturated carbocycles. The number of hydrogen-bond acceptors (Lipinski definition) is 4. The predicted molar refractivity (Wildman–Crippen MR) is 137 cm³/mol. The lowest BCUT2D eigenvalue weighted by molar-refractivity contribution is -0.137. The van der Waals surface area contributed by atoms with Crippen LogP contribution in [0.4, 0.5) is 13.2 Å². The van der Waals surface area contributed by atoms with Crippen molar-refractivity contribution in [1.82, 2.24) is 14.8 Å². The zero-order chi connectivity index (χ0) is 26.0. The van der Waals surface area contributed by atoms with Gasteiger partial charge in [-0.3, -0.25) is 9.59 Å². The lowest BCUT2D eigenvalue weighted by atomic mass is 10.0. The fraction of sp³-hybridized carbons (Fsp3) is 0.296. The summed E-state index contributed by atoms with van der Waals surface area (Å²) >= 11 is 0. The van der Waals surface area contributed by atoms with Crippen molar-refractivity contribution in [3.05, 3.63) is 92.3 Å². The molecule has 0 unspecified atom stereocenters. The highest BCUT2D eigenvalue weighted by atomic mass is 35.5. The molecule has 0 aliphatic carbocycles. The van der Waals surface area contributed by atoms with Gasteiger partial charge in [-0.1, -0.05) is 35.9 Å². The zero-order valence-corrected chi connectivity index (χ0v) is 21.2. The van der Waals surface area contributed by atoms with Gasteiger partial charge in [-0.2, -0.15) is 18.4 Å². The van der Waals surface area contributed by atoms with E-state index in [1.54, 1.807) is 17.0 Å². The number of carbonyl (C=O) groups is 1. The molecule has 1 aliphatic rings. The maximum atomic E-state index is 13.8. The Balaban J connectivity index is 0.00000380. The standard InChI is InChI=1S/C27H25F3N4O2.ClH/c1-17-3-4-21(18(2)13-17)16-34-24(14-23(27(28,29)30)22(15-31)26(34)36)19-5-7-20(8-6-19)25(35)33-11-9-32-10-12-33;/h3-8,13-14,32H,9-12,16H2,1-2H3;1H. The number of nitriles is 1. The molecule has 2 heterocycles. The Hall–Kier alpha value is -3.61. The largest absolute Gasteiger partial charge is 0.417 e. The zero-order valence-electron chi connectivity index (χ0n) is 20.4. The Morgan fingerprint density at radius 3 is 2.27 bits per heavy atom. The van der Waals surface area contributed by atoms with Crippen molar-refractivity contribution < 1.29 is 18.0 Å². The highest BCUT2D eigenvalue weighted by molar-refractivity contribution is 5.94. The van der Waals surface area contributed by atoms with E-state index < -0.39 is 22.9 Å². The summed E-state index contributed by atoms with van der Waals surface area (Å²) < 4.78 is 42.6. The van der Waals surface area contributed by atoms with Crippen molar-refractivity contribution in [1.29, 1.82) is 5.26 Å². The van der Waals surface area contributed by atoms with E-state index in [9.17, 15) is 28.0 Å². The van der Waals surface area contributed by atoms with Crippen molar-refractivity contribution in [2.24, 2.45) is 0 Å². The minimum absolute atomic E-state index is 0. The van der Waals surface area contributed by atoms with Gasteiger partial charge in [-0.05, 0) is 48.7 Å². The van der Waals surface area contributed by atoms with Crippen LogP contribution in [0.15, 0.2) is 53.3 Å². The smallest absolute Gasteiger partial charge is 0.336 e. The van der Waals surface area contributed by atoms with Crippen molar-refractivity contribution in [3.8, 4) is 17.3 Å². The maximum Gasteiger partial charge on any atom is 0.417 e. The summed E-state index contributed by atoms with van der Waals surface area (Å²) in [6, 6.07) is 14.1. The third kappa shape index (κ3) is 5.87. The second-order valence-corrected chi connectivity index (χ2v) is 8.87. The fourth-order valence-corrected chi connectivity index (χ4v) is 4.40. The molecule has 2 aromatic carbocycles. The van der Waals surface area contributed by atoms with Crippen LogP contribution >= 0.6 is 12.4 Å². The van der Waals surface area contributed by atoms with Crippen molar-refractivity contribution >= 4 is 18.3 Å². The molecule has 6 nitrogen and oxygen atoms in total. The third-order valence-corrected chi connectivity index (χ3v) is 6.38. The van der Waals surface area contributed by atoms with Crippen LogP contribution in [0.25, 0.3) is 11.3 Å². The molecule has 4 rings (SSSR count). The van der Waals surface area contributed by atoms with Gasteiger partial charge < -0.3 is 14.8 Å². The maximum absolute atomic E-state index is 13.8. The third-order valence-electron chi connectivity index (χ3n) is 6.38. The Morgan fingerprint density at radius 2 is 1.70 bits per heavy atom. The Kier molecular flexibility index (Phi) is 8.46. The minimum atomic E-state index is -4.88. The minimum Gasteiger partial charge on any atom is -0.336 e. The number of amides is 1. The van der Waals surface area contributed by atoms with Crippen molar-refractivity contribution in [2.45, 2.75) is 26.6 Å². The van der Waals surface area contributed by atoms with Gasteiger partial charge in [0.05, 0.1) is 17.8 Å². The van der Waals surface area contributed by atoms with E-state index in [2.05, 4.69) is 5.32 Å². The molecule has 10 heteroatoms. The Bertz CT molecular complexity index is 1400. The normalized spacial score (nSPS) is 13.6. The molecular formula is C27H26ClF3N4O2. The quantitative estimate of drug-likeness (QED) is 0.537. The molecule has 0 atom stereocenters. The number of alkyl halides is 3. The molecule has 0 bridgehead atoms. The van der Waals surface area contributed by atoms with Gasteiger partial charge in [0.15, 0.2) is 0 Å². The van der Waals surface area contributed by atoms with E-state index in [0.717, 1.165) is 22.8 Å². The van der Waals surface area contributed by atoms with Gasteiger partial charge in [0, 0.05) is 31.7 Å². The van der Waals surface area contributed by atoms with Gasteiger partial charge in [0.2, 0.25) is 0 Å². The second kappa shape index (κ2) is 11.2. The molecule has 37 heavy (non-hydrogen) atoms. The molecule has 1 N–H and O–H groups in total. The van der Waals surface area contributed by atoms with Crippen LogP contribution < -0.4 is 10.9 Å². The molecule has 1 saturated heterocycles. The number of carbonyl (C=O) groups excluding carboxylic acids is 1. The monoisotopic (exact) mass is 530 g/mol. The molecule has 194 valence electrons. The Morgan fingerprint density at radius 1 is 1.05 bits per heavy atom. The first kappa shape index (κ1) is 28.0. The molecule has 1 aromatic heterocycles. The SMILES string of the molecule is Cc1ccc(Cn2c(-c3ccc(C(=O)N4CCNCC4)cc3)cc(C(F)(F)F)c(C#N)c2=O)c(C)c1.Cl. The average molecular weight is 531 g/mol. The van der Waals surface area contributed by atoms with Gasteiger partial charge in [-0.25, -0.2) is 0 Å². The fourth-order valence-electron chi connectivity index (χ4n) is 4.40. The summed E-state index contributed by atoms with van der Waals surface area (Å²) in [5, 5.41) is 12.6.